The van der Waals surface area contributed by atoms with E-state index in [9.17, 15) is 0 Å². The Balaban J connectivity index is 1.76. The highest BCUT2D eigenvalue weighted by Crippen LogP contribution is 2.33. The molecule has 0 saturated carbocycles. The molecule has 100 valence electrons. The zero-order valence-corrected chi connectivity index (χ0v) is 11.0. The molecule has 0 amide bonds. The summed E-state index contributed by atoms with van der Waals surface area (Å²) in [5, 5.41) is 0. The van der Waals surface area contributed by atoms with Gasteiger partial charge in [0, 0.05) is 26.8 Å². The number of hydrogen-bond donors (Lipinski definition) is 1. The van der Waals surface area contributed by atoms with Gasteiger partial charge in [-0.05, 0) is 24.5 Å². The second kappa shape index (κ2) is 6.61. The predicted molar refractivity (Wildman–Crippen MR) is 74.1 cm³/mol. The van der Waals surface area contributed by atoms with Crippen molar-refractivity contribution in [3.63, 3.8) is 0 Å². The third-order valence-corrected chi connectivity index (χ3v) is 3.27. The Labute approximate surface area is 109 Å². The first-order chi connectivity index (χ1) is 8.83. The Morgan fingerprint density at radius 3 is 3.00 bits per heavy atom. The van der Waals surface area contributed by atoms with Gasteiger partial charge in [-0.25, -0.2) is 0 Å². The summed E-state index contributed by atoms with van der Waals surface area (Å²) in [4.78, 5) is 2.37. The van der Waals surface area contributed by atoms with Gasteiger partial charge >= 0.3 is 0 Å². The van der Waals surface area contributed by atoms with Crippen LogP contribution in [-0.2, 0) is 15.9 Å². The Kier molecular flexibility index (Phi) is 4.84. The number of methoxy groups -OCH3 is 1. The van der Waals surface area contributed by atoms with Crippen LogP contribution >= 0.6 is 0 Å². The summed E-state index contributed by atoms with van der Waals surface area (Å²) in [7, 11) is 1.69. The zero-order chi connectivity index (χ0) is 12.8. The lowest BCUT2D eigenvalue weighted by Crippen LogP contribution is -2.23. The van der Waals surface area contributed by atoms with E-state index in [2.05, 4.69) is 11.0 Å². The number of anilines is 2. The molecule has 0 saturated heterocycles. The molecule has 1 aromatic carbocycles. The van der Waals surface area contributed by atoms with Crippen molar-refractivity contribution in [1.29, 1.82) is 0 Å². The maximum atomic E-state index is 6.04. The van der Waals surface area contributed by atoms with Crippen LogP contribution in [0.3, 0.4) is 0 Å². The minimum absolute atomic E-state index is 0.666. The second-order valence-corrected chi connectivity index (χ2v) is 4.55. The molecule has 0 aromatic heterocycles. The van der Waals surface area contributed by atoms with Gasteiger partial charge in [-0.3, -0.25) is 0 Å². The van der Waals surface area contributed by atoms with Crippen LogP contribution in [0.2, 0.25) is 0 Å². The number of nitrogens with zero attached hydrogens (tertiary/aromatic N) is 1. The molecule has 4 nitrogen and oxygen atoms in total. The third kappa shape index (κ3) is 3.15. The van der Waals surface area contributed by atoms with Gasteiger partial charge in [0.05, 0.1) is 24.6 Å². The lowest BCUT2D eigenvalue weighted by molar-refractivity contribution is 0.0701. The Bertz CT molecular complexity index is 382. The minimum Gasteiger partial charge on any atom is -0.397 e. The summed E-state index contributed by atoms with van der Waals surface area (Å²) >= 11 is 0. The van der Waals surface area contributed by atoms with E-state index in [0.717, 1.165) is 38.2 Å². The normalized spacial score (nSPS) is 13.9. The number of benzene rings is 1. The standard InChI is InChI=1S/C14H22N2O2/c1-17-10-11-18-9-3-7-16-8-6-12-4-2-5-13(15)14(12)16/h2,4-5H,3,6-11,15H2,1H3. The van der Waals surface area contributed by atoms with Crippen LogP contribution in [0.4, 0.5) is 11.4 Å². The monoisotopic (exact) mass is 250 g/mol. The highest BCUT2D eigenvalue weighted by molar-refractivity contribution is 5.74. The zero-order valence-electron chi connectivity index (χ0n) is 11.0. The van der Waals surface area contributed by atoms with Crippen LogP contribution < -0.4 is 10.6 Å². The summed E-state index contributed by atoms with van der Waals surface area (Å²) in [6.45, 7) is 4.20. The average molecular weight is 250 g/mol. The van der Waals surface area contributed by atoms with Gasteiger partial charge in [-0.2, -0.15) is 0 Å². The molecule has 2 rings (SSSR count). The predicted octanol–water partition coefficient (Wildman–Crippen LogP) is 1.68. The quantitative estimate of drug-likeness (QED) is 0.591. The molecule has 18 heavy (non-hydrogen) atoms. The Hall–Kier alpha value is -1.26. The van der Waals surface area contributed by atoms with Gasteiger partial charge in [0.25, 0.3) is 0 Å². The van der Waals surface area contributed by atoms with Crippen molar-refractivity contribution < 1.29 is 9.47 Å². The number of ether oxygens (including phenoxy) is 2. The highest BCUT2D eigenvalue weighted by atomic mass is 16.5. The SMILES string of the molecule is COCCOCCCN1CCc2cccc(N)c21. The first kappa shape index (κ1) is 13.2. The van der Waals surface area contributed by atoms with Crippen LogP contribution in [0.15, 0.2) is 18.2 Å². The van der Waals surface area contributed by atoms with E-state index in [1.807, 2.05) is 12.1 Å². The van der Waals surface area contributed by atoms with E-state index in [4.69, 9.17) is 15.2 Å². The summed E-state index contributed by atoms with van der Waals surface area (Å²) in [5.41, 5.74) is 9.54. The molecule has 0 spiro atoms. The van der Waals surface area contributed by atoms with Crippen molar-refractivity contribution in [2.75, 3.05) is 50.7 Å². The lowest BCUT2D eigenvalue weighted by atomic mass is 10.1. The number of para-hydroxylation sites is 1. The van der Waals surface area contributed by atoms with Crippen molar-refractivity contribution in [3.8, 4) is 0 Å². The molecule has 0 radical (unpaired) electrons. The van der Waals surface area contributed by atoms with Gasteiger partial charge < -0.3 is 20.1 Å². The topological polar surface area (TPSA) is 47.7 Å². The summed E-state index contributed by atoms with van der Waals surface area (Å²) < 4.78 is 10.4. The van der Waals surface area contributed by atoms with Crippen molar-refractivity contribution in [2.45, 2.75) is 12.8 Å². The summed E-state index contributed by atoms with van der Waals surface area (Å²) in [6.07, 6.45) is 2.13. The van der Waals surface area contributed by atoms with E-state index in [0.29, 0.717) is 13.2 Å². The number of fused-ring (bicyclic) bond motifs is 1. The summed E-state index contributed by atoms with van der Waals surface area (Å²) in [6, 6.07) is 6.18. The minimum atomic E-state index is 0.666. The van der Waals surface area contributed by atoms with Gasteiger partial charge in [0.15, 0.2) is 0 Å². The maximum Gasteiger partial charge on any atom is 0.0700 e. The summed E-state index contributed by atoms with van der Waals surface area (Å²) in [5.74, 6) is 0. The molecule has 0 atom stereocenters. The maximum absolute atomic E-state index is 6.04. The van der Waals surface area contributed by atoms with Gasteiger partial charge in [-0.1, -0.05) is 12.1 Å². The first-order valence-electron chi connectivity index (χ1n) is 6.52. The van der Waals surface area contributed by atoms with Crippen LogP contribution in [0.5, 0.6) is 0 Å². The van der Waals surface area contributed by atoms with Crippen molar-refractivity contribution in [1.82, 2.24) is 0 Å². The molecule has 0 fully saturated rings. The van der Waals surface area contributed by atoms with E-state index in [1.165, 1.54) is 11.3 Å². The molecule has 4 heteroatoms. The van der Waals surface area contributed by atoms with E-state index in [1.54, 1.807) is 7.11 Å². The van der Waals surface area contributed by atoms with Crippen LogP contribution in [-0.4, -0.2) is 40.0 Å². The molecule has 1 heterocycles. The molecule has 1 aliphatic heterocycles. The van der Waals surface area contributed by atoms with E-state index < -0.39 is 0 Å². The van der Waals surface area contributed by atoms with Crippen LogP contribution in [0, 0.1) is 0 Å². The fourth-order valence-corrected chi connectivity index (χ4v) is 2.39. The lowest BCUT2D eigenvalue weighted by Gasteiger charge is -2.20. The fourth-order valence-electron chi connectivity index (χ4n) is 2.39. The Morgan fingerprint density at radius 1 is 1.28 bits per heavy atom. The van der Waals surface area contributed by atoms with E-state index in [-0.39, 0.29) is 0 Å². The highest BCUT2D eigenvalue weighted by Gasteiger charge is 2.20. The number of nitrogens with two attached hydrogens (primary N) is 1. The molecule has 0 unspecified atom stereocenters. The average Bonchev–Trinajstić information content (AvgIpc) is 2.78. The molecular formula is C14H22N2O2. The van der Waals surface area contributed by atoms with Gasteiger partial charge in [0.1, 0.15) is 0 Å². The van der Waals surface area contributed by atoms with Crippen molar-refractivity contribution in [2.24, 2.45) is 0 Å². The molecule has 0 aliphatic carbocycles. The van der Waals surface area contributed by atoms with Gasteiger partial charge in [-0.15, -0.1) is 0 Å². The smallest absolute Gasteiger partial charge is 0.0700 e. The molecule has 1 aliphatic rings. The second-order valence-electron chi connectivity index (χ2n) is 4.55. The molecular weight excluding hydrogens is 228 g/mol. The first-order valence-corrected chi connectivity index (χ1v) is 6.52. The van der Waals surface area contributed by atoms with Crippen LogP contribution in [0.25, 0.3) is 0 Å². The van der Waals surface area contributed by atoms with Crippen LogP contribution in [0.1, 0.15) is 12.0 Å². The number of rotatable bonds is 7. The molecule has 2 N–H and O–H groups in total. The molecule has 1 aromatic rings. The van der Waals surface area contributed by atoms with Gasteiger partial charge in [0.2, 0.25) is 0 Å². The van der Waals surface area contributed by atoms with Crippen molar-refractivity contribution >= 4 is 11.4 Å². The largest absolute Gasteiger partial charge is 0.397 e. The van der Waals surface area contributed by atoms with Crippen molar-refractivity contribution in [3.05, 3.63) is 23.8 Å². The fraction of sp³-hybridized carbons (Fsp3) is 0.571. The number of nitrogen functional groups attached to an aromatic ring is 1. The molecule has 0 bridgehead atoms. The Morgan fingerprint density at radius 2 is 2.17 bits per heavy atom. The third-order valence-electron chi connectivity index (χ3n) is 3.27. The van der Waals surface area contributed by atoms with E-state index >= 15 is 0 Å². The number of hydrogen-bond acceptors (Lipinski definition) is 4.